The molecule has 3 nitrogen and oxygen atoms in total. The summed E-state index contributed by atoms with van der Waals surface area (Å²) in [5.41, 5.74) is 5.82. The number of benzene rings is 1. The summed E-state index contributed by atoms with van der Waals surface area (Å²) in [6.45, 7) is 0.0634. The van der Waals surface area contributed by atoms with Gasteiger partial charge in [-0.05, 0) is 12.1 Å². The smallest absolute Gasteiger partial charge is 0.133 e. The van der Waals surface area contributed by atoms with E-state index in [9.17, 15) is 9.50 Å². The van der Waals surface area contributed by atoms with Crippen LogP contribution in [0.2, 0.25) is 5.02 Å². The Morgan fingerprint density at radius 3 is 3.00 bits per heavy atom. The zero-order valence-electron chi connectivity index (χ0n) is 7.21. The van der Waals surface area contributed by atoms with Crippen molar-refractivity contribution in [1.29, 1.82) is 0 Å². The van der Waals surface area contributed by atoms with E-state index in [4.69, 9.17) is 22.1 Å². The largest absolute Gasteiger partial charge is 0.490 e. The lowest BCUT2D eigenvalue weighted by molar-refractivity contribution is 0.0659. The van der Waals surface area contributed by atoms with Gasteiger partial charge in [0.1, 0.15) is 24.3 Å². The highest BCUT2D eigenvalue weighted by Crippen LogP contribution is 2.35. The normalized spacial score (nSPS) is 25.4. The van der Waals surface area contributed by atoms with Crippen molar-refractivity contribution >= 4 is 11.6 Å². The van der Waals surface area contributed by atoms with Crippen LogP contribution >= 0.6 is 11.6 Å². The molecular formula is C9H9ClFNO2. The summed E-state index contributed by atoms with van der Waals surface area (Å²) in [5, 5.41) is 9.62. The third kappa shape index (κ3) is 1.45. The van der Waals surface area contributed by atoms with Gasteiger partial charge in [-0.2, -0.15) is 0 Å². The zero-order chi connectivity index (χ0) is 10.3. The SMILES string of the molecule is N[C@H]1c2c(F)cc(Cl)cc2OC[C@H]1O. The molecular weight excluding hydrogens is 209 g/mol. The van der Waals surface area contributed by atoms with E-state index in [1.54, 1.807) is 0 Å². The second-order valence-electron chi connectivity index (χ2n) is 3.20. The van der Waals surface area contributed by atoms with Crippen molar-refractivity contribution in [3.05, 3.63) is 28.5 Å². The number of aliphatic hydroxyl groups excluding tert-OH is 1. The first-order valence-corrected chi connectivity index (χ1v) is 4.53. The number of rotatable bonds is 0. The van der Waals surface area contributed by atoms with Crippen LogP contribution in [0.3, 0.4) is 0 Å². The maximum absolute atomic E-state index is 13.4. The molecule has 2 rings (SSSR count). The topological polar surface area (TPSA) is 55.5 Å². The third-order valence-electron chi connectivity index (χ3n) is 2.21. The number of aliphatic hydroxyl groups is 1. The highest BCUT2D eigenvalue weighted by molar-refractivity contribution is 6.30. The molecule has 0 radical (unpaired) electrons. The molecule has 1 aliphatic rings. The van der Waals surface area contributed by atoms with Gasteiger partial charge in [-0.3, -0.25) is 0 Å². The van der Waals surface area contributed by atoms with E-state index in [2.05, 4.69) is 0 Å². The van der Waals surface area contributed by atoms with Gasteiger partial charge in [-0.15, -0.1) is 0 Å². The van der Waals surface area contributed by atoms with Crippen LogP contribution < -0.4 is 10.5 Å². The van der Waals surface area contributed by atoms with E-state index in [0.29, 0.717) is 5.75 Å². The van der Waals surface area contributed by atoms with Crippen LogP contribution in [0, 0.1) is 5.82 Å². The first-order valence-electron chi connectivity index (χ1n) is 4.15. The lowest BCUT2D eigenvalue weighted by atomic mass is 9.99. The first kappa shape index (κ1) is 9.71. The molecule has 0 fully saturated rings. The van der Waals surface area contributed by atoms with Crippen molar-refractivity contribution in [1.82, 2.24) is 0 Å². The summed E-state index contributed by atoms with van der Waals surface area (Å²) >= 11 is 5.64. The van der Waals surface area contributed by atoms with Crippen molar-refractivity contribution in [2.45, 2.75) is 12.1 Å². The van der Waals surface area contributed by atoms with Gasteiger partial charge in [-0.1, -0.05) is 11.6 Å². The average molecular weight is 218 g/mol. The van der Waals surface area contributed by atoms with Crippen molar-refractivity contribution in [3.63, 3.8) is 0 Å². The third-order valence-corrected chi connectivity index (χ3v) is 2.43. The Morgan fingerprint density at radius 1 is 1.57 bits per heavy atom. The standard InChI is InChI=1S/C9H9ClFNO2/c10-4-1-5(11)8-7(2-4)14-3-6(13)9(8)12/h1-2,6,9,13H,3,12H2/t6-,9-/m1/s1. The molecule has 3 N–H and O–H groups in total. The lowest BCUT2D eigenvalue weighted by Crippen LogP contribution is -2.36. The molecule has 2 atom stereocenters. The van der Waals surface area contributed by atoms with Gasteiger partial charge in [0.2, 0.25) is 0 Å². The zero-order valence-corrected chi connectivity index (χ0v) is 7.96. The molecule has 0 spiro atoms. The van der Waals surface area contributed by atoms with Gasteiger partial charge in [0.15, 0.2) is 0 Å². The summed E-state index contributed by atoms with van der Waals surface area (Å²) in [4.78, 5) is 0. The maximum atomic E-state index is 13.4. The summed E-state index contributed by atoms with van der Waals surface area (Å²) in [6, 6.07) is 1.89. The fourth-order valence-corrected chi connectivity index (χ4v) is 1.67. The van der Waals surface area contributed by atoms with Crippen molar-refractivity contribution in [2.24, 2.45) is 5.73 Å². The minimum atomic E-state index is -0.877. The molecule has 0 unspecified atom stereocenters. The van der Waals surface area contributed by atoms with Gasteiger partial charge in [-0.25, -0.2) is 4.39 Å². The minimum absolute atomic E-state index is 0.0634. The molecule has 1 aromatic carbocycles. The van der Waals surface area contributed by atoms with Crippen LogP contribution in [0.1, 0.15) is 11.6 Å². The quantitative estimate of drug-likeness (QED) is 0.687. The van der Waals surface area contributed by atoms with Crippen LogP contribution in [-0.4, -0.2) is 17.8 Å². The Morgan fingerprint density at radius 2 is 2.29 bits per heavy atom. The molecule has 1 heterocycles. The molecule has 0 bridgehead atoms. The molecule has 5 heteroatoms. The summed E-state index contributed by atoms with van der Waals surface area (Å²) < 4.78 is 18.5. The Hall–Kier alpha value is -0.840. The van der Waals surface area contributed by atoms with Crippen LogP contribution in [-0.2, 0) is 0 Å². The van der Waals surface area contributed by atoms with E-state index in [1.807, 2.05) is 0 Å². The average Bonchev–Trinajstić information content (AvgIpc) is 2.10. The van der Waals surface area contributed by atoms with E-state index in [1.165, 1.54) is 6.07 Å². The molecule has 14 heavy (non-hydrogen) atoms. The molecule has 0 saturated carbocycles. The summed E-state index contributed by atoms with van der Waals surface area (Å²) in [7, 11) is 0. The highest BCUT2D eigenvalue weighted by Gasteiger charge is 2.29. The van der Waals surface area contributed by atoms with Crippen molar-refractivity contribution in [2.75, 3.05) is 6.61 Å². The Balaban J connectivity index is 2.54. The summed E-state index contributed by atoms with van der Waals surface area (Å²) in [5.74, 6) is -0.230. The van der Waals surface area contributed by atoms with E-state index in [0.717, 1.165) is 6.07 Å². The Kier molecular flexibility index (Phi) is 2.34. The lowest BCUT2D eigenvalue weighted by Gasteiger charge is -2.28. The van der Waals surface area contributed by atoms with E-state index < -0.39 is 18.0 Å². The van der Waals surface area contributed by atoms with Gasteiger partial charge >= 0.3 is 0 Å². The fourth-order valence-electron chi connectivity index (χ4n) is 1.48. The Bertz CT molecular complexity index is 372. The fraction of sp³-hybridized carbons (Fsp3) is 0.333. The molecule has 1 aliphatic heterocycles. The number of nitrogens with two attached hydrogens (primary N) is 1. The molecule has 76 valence electrons. The van der Waals surface area contributed by atoms with E-state index >= 15 is 0 Å². The molecule has 0 saturated heterocycles. The second-order valence-corrected chi connectivity index (χ2v) is 3.64. The van der Waals surface area contributed by atoms with E-state index in [-0.39, 0.29) is 17.2 Å². The minimum Gasteiger partial charge on any atom is -0.490 e. The molecule has 0 amide bonds. The van der Waals surface area contributed by atoms with Crippen LogP contribution in [0.15, 0.2) is 12.1 Å². The van der Waals surface area contributed by atoms with Gasteiger partial charge in [0, 0.05) is 10.6 Å². The molecule has 1 aromatic rings. The number of hydrogen-bond donors (Lipinski definition) is 2. The number of hydrogen-bond acceptors (Lipinski definition) is 3. The maximum Gasteiger partial charge on any atom is 0.133 e. The molecule has 0 aromatic heterocycles. The predicted octanol–water partition coefficient (Wildman–Crippen LogP) is 1.23. The van der Waals surface area contributed by atoms with Crippen molar-refractivity contribution < 1.29 is 14.2 Å². The monoisotopic (exact) mass is 217 g/mol. The first-order chi connectivity index (χ1) is 6.59. The summed E-state index contributed by atoms with van der Waals surface area (Å²) in [6.07, 6.45) is -0.877. The second kappa shape index (κ2) is 3.38. The van der Waals surface area contributed by atoms with Crippen LogP contribution in [0.4, 0.5) is 4.39 Å². The van der Waals surface area contributed by atoms with Gasteiger partial charge in [0.25, 0.3) is 0 Å². The van der Waals surface area contributed by atoms with Crippen LogP contribution in [0.25, 0.3) is 0 Å². The Labute approximate surface area is 85.2 Å². The van der Waals surface area contributed by atoms with Gasteiger partial charge in [0.05, 0.1) is 6.04 Å². The van der Waals surface area contributed by atoms with Crippen molar-refractivity contribution in [3.8, 4) is 5.75 Å². The molecule has 0 aliphatic carbocycles. The number of halogens is 2. The highest BCUT2D eigenvalue weighted by atomic mass is 35.5. The number of fused-ring (bicyclic) bond motifs is 1. The van der Waals surface area contributed by atoms with Crippen LogP contribution in [0.5, 0.6) is 5.75 Å². The number of ether oxygens (including phenoxy) is 1. The predicted molar refractivity (Wildman–Crippen MR) is 49.8 cm³/mol. The van der Waals surface area contributed by atoms with Gasteiger partial charge < -0.3 is 15.6 Å².